The van der Waals surface area contributed by atoms with E-state index in [0.717, 1.165) is 0 Å². The molecule has 0 aromatic heterocycles. The molecule has 1 amide bonds. The molecule has 0 aromatic rings. The van der Waals surface area contributed by atoms with Crippen LogP contribution in [0.15, 0.2) is 0 Å². The maximum absolute atomic E-state index is 11.3. The van der Waals surface area contributed by atoms with Crippen LogP contribution in [-0.2, 0) is 14.3 Å². The van der Waals surface area contributed by atoms with Gasteiger partial charge in [-0.3, -0.25) is 9.59 Å². The predicted octanol–water partition coefficient (Wildman–Crippen LogP) is 1.03. The Morgan fingerprint density at radius 3 is 2.57 bits per heavy atom. The Bertz CT molecular complexity index is 196. The van der Waals surface area contributed by atoms with Crippen molar-refractivity contribution in [1.82, 2.24) is 4.90 Å². The molecule has 0 aliphatic heterocycles. The summed E-state index contributed by atoms with van der Waals surface area (Å²) in [7, 11) is 1.58. The average Bonchev–Trinajstić information content (AvgIpc) is 2.14. The summed E-state index contributed by atoms with van der Waals surface area (Å²) in [6, 6.07) is 0. The van der Waals surface area contributed by atoms with E-state index in [-0.39, 0.29) is 18.4 Å². The molecule has 0 bridgehead atoms. The lowest BCUT2D eigenvalue weighted by molar-refractivity contribution is -0.148. The zero-order chi connectivity index (χ0) is 11.0. The number of carbonyl (C=O) groups excluding carboxylic acids is 2. The van der Waals surface area contributed by atoms with Crippen molar-refractivity contribution in [2.24, 2.45) is 0 Å². The highest BCUT2D eigenvalue weighted by Gasteiger charge is 2.12. The molecular formula is C9H16ClNO3. The van der Waals surface area contributed by atoms with Crippen molar-refractivity contribution >= 4 is 23.5 Å². The Balaban J connectivity index is 3.76. The van der Waals surface area contributed by atoms with Crippen LogP contribution >= 0.6 is 11.6 Å². The van der Waals surface area contributed by atoms with Crippen LogP contribution in [0.25, 0.3) is 0 Å². The number of hydrogen-bond acceptors (Lipinski definition) is 3. The molecule has 0 radical (unpaired) electrons. The Morgan fingerprint density at radius 2 is 2.07 bits per heavy atom. The van der Waals surface area contributed by atoms with Crippen molar-refractivity contribution in [3.8, 4) is 0 Å². The molecule has 0 saturated heterocycles. The van der Waals surface area contributed by atoms with Gasteiger partial charge in [-0.2, -0.15) is 0 Å². The molecular weight excluding hydrogens is 206 g/mol. The summed E-state index contributed by atoms with van der Waals surface area (Å²) in [5, 5.41) is 0. The lowest BCUT2D eigenvalue weighted by Gasteiger charge is -2.15. The smallest absolute Gasteiger partial charge is 0.325 e. The molecule has 0 aliphatic carbocycles. The first-order valence-corrected chi connectivity index (χ1v) is 5.10. The van der Waals surface area contributed by atoms with E-state index >= 15 is 0 Å². The van der Waals surface area contributed by atoms with Crippen LogP contribution in [0.5, 0.6) is 0 Å². The monoisotopic (exact) mass is 221 g/mol. The lowest BCUT2D eigenvalue weighted by atomic mass is 10.3. The topological polar surface area (TPSA) is 46.6 Å². The first-order chi connectivity index (χ1) is 6.61. The standard InChI is InChI=1S/C9H16ClNO3/c1-3-14-9(13)7-11(2)8(12)5-4-6-10/h3-7H2,1-2H3. The van der Waals surface area contributed by atoms with Crippen molar-refractivity contribution in [1.29, 1.82) is 0 Å². The highest BCUT2D eigenvalue weighted by molar-refractivity contribution is 6.17. The number of halogens is 1. The zero-order valence-electron chi connectivity index (χ0n) is 8.59. The van der Waals surface area contributed by atoms with Gasteiger partial charge in [0.1, 0.15) is 6.54 Å². The fourth-order valence-electron chi connectivity index (χ4n) is 0.897. The summed E-state index contributed by atoms with van der Waals surface area (Å²) in [6.45, 7) is 2.07. The SMILES string of the molecule is CCOC(=O)CN(C)C(=O)CCCCl. The first kappa shape index (κ1) is 13.2. The second-order valence-electron chi connectivity index (χ2n) is 2.85. The summed E-state index contributed by atoms with van der Waals surface area (Å²) in [5.74, 6) is -0.00756. The fraction of sp³-hybridized carbons (Fsp3) is 0.778. The summed E-state index contributed by atoms with van der Waals surface area (Å²) in [4.78, 5) is 23.6. The van der Waals surface area contributed by atoms with Gasteiger partial charge in [0.05, 0.1) is 6.61 Å². The molecule has 0 N–H and O–H groups in total. The molecule has 0 aliphatic rings. The number of amides is 1. The Morgan fingerprint density at radius 1 is 1.43 bits per heavy atom. The van der Waals surface area contributed by atoms with Gasteiger partial charge < -0.3 is 9.64 Å². The quantitative estimate of drug-likeness (QED) is 0.497. The van der Waals surface area contributed by atoms with Gasteiger partial charge in [-0.25, -0.2) is 0 Å². The highest BCUT2D eigenvalue weighted by atomic mass is 35.5. The Kier molecular flexibility index (Phi) is 7.20. The number of hydrogen-bond donors (Lipinski definition) is 0. The van der Waals surface area contributed by atoms with Crippen molar-refractivity contribution in [3.05, 3.63) is 0 Å². The molecule has 4 nitrogen and oxygen atoms in total. The molecule has 5 heteroatoms. The van der Waals surface area contributed by atoms with E-state index in [1.165, 1.54) is 4.90 Å². The van der Waals surface area contributed by atoms with E-state index < -0.39 is 0 Å². The predicted molar refractivity (Wildman–Crippen MR) is 54.2 cm³/mol. The van der Waals surface area contributed by atoms with E-state index in [1.54, 1.807) is 14.0 Å². The molecule has 0 atom stereocenters. The van der Waals surface area contributed by atoms with E-state index in [9.17, 15) is 9.59 Å². The van der Waals surface area contributed by atoms with E-state index in [2.05, 4.69) is 0 Å². The third kappa shape index (κ3) is 5.80. The Hall–Kier alpha value is -0.770. The van der Waals surface area contributed by atoms with Crippen molar-refractivity contribution in [3.63, 3.8) is 0 Å². The summed E-state index contributed by atoms with van der Waals surface area (Å²) in [6.07, 6.45) is 1.01. The van der Waals surface area contributed by atoms with Gasteiger partial charge in [-0.05, 0) is 13.3 Å². The van der Waals surface area contributed by atoms with E-state index in [1.807, 2.05) is 0 Å². The van der Waals surface area contributed by atoms with Crippen LogP contribution < -0.4 is 0 Å². The molecule has 0 unspecified atom stereocenters. The molecule has 0 heterocycles. The lowest BCUT2D eigenvalue weighted by Crippen LogP contribution is -2.32. The molecule has 0 fully saturated rings. The second kappa shape index (κ2) is 7.62. The summed E-state index contributed by atoms with van der Waals surface area (Å²) >= 11 is 5.44. The third-order valence-electron chi connectivity index (χ3n) is 1.62. The molecule has 14 heavy (non-hydrogen) atoms. The normalized spacial score (nSPS) is 9.64. The summed E-state index contributed by atoms with van der Waals surface area (Å²) < 4.78 is 4.71. The molecule has 82 valence electrons. The van der Waals surface area contributed by atoms with Gasteiger partial charge in [0, 0.05) is 19.3 Å². The van der Waals surface area contributed by atoms with Crippen LogP contribution in [-0.4, -0.2) is 42.9 Å². The van der Waals surface area contributed by atoms with Crippen LogP contribution in [0, 0.1) is 0 Å². The number of carbonyl (C=O) groups is 2. The second-order valence-corrected chi connectivity index (χ2v) is 3.23. The largest absolute Gasteiger partial charge is 0.465 e. The van der Waals surface area contributed by atoms with Crippen LogP contribution in [0.4, 0.5) is 0 Å². The minimum Gasteiger partial charge on any atom is -0.465 e. The van der Waals surface area contributed by atoms with Gasteiger partial charge >= 0.3 is 5.97 Å². The first-order valence-electron chi connectivity index (χ1n) is 4.57. The zero-order valence-corrected chi connectivity index (χ0v) is 9.34. The van der Waals surface area contributed by atoms with Crippen LogP contribution in [0.1, 0.15) is 19.8 Å². The van der Waals surface area contributed by atoms with Crippen molar-refractivity contribution in [2.45, 2.75) is 19.8 Å². The number of likely N-dealkylation sites (N-methyl/N-ethyl adjacent to an activating group) is 1. The minimum atomic E-state index is -0.380. The maximum Gasteiger partial charge on any atom is 0.325 e. The van der Waals surface area contributed by atoms with Crippen LogP contribution in [0.3, 0.4) is 0 Å². The number of nitrogens with zero attached hydrogens (tertiary/aromatic N) is 1. The highest BCUT2D eigenvalue weighted by Crippen LogP contribution is 1.97. The maximum atomic E-state index is 11.3. The molecule has 0 aromatic carbocycles. The molecule has 0 saturated carbocycles. The number of alkyl halides is 1. The van der Waals surface area contributed by atoms with E-state index in [0.29, 0.717) is 25.3 Å². The molecule has 0 rings (SSSR count). The average molecular weight is 222 g/mol. The van der Waals surface area contributed by atoms with Gasteiger partial charge in [-0.1, -0.05) is 0 Å². The fourth-order valence-corrected chi connectivity index (χ4v) is 1.03. The number of esters is 1. The minimum absolute atomic E-state index is 0.00889. The van der Waals surface area contributed by atoms with Crippen molar-refractivity contribution < 1.29 is 14.3 Å². The van der Waals surface area contributed by atoms with Gasteiger partial charge in [0.2, 0.25) is 5.91 Å². The van der Waals surface area contributed by atoms with E-state index in [4.69, 9.17) is 16.3 Å². The summed E-state index contributed by atoms with van der Waals surface area (Å²) in [5.41, 5.74) is 0. The van der Waals surface area contributed by atoms with Crippen molar-refractivity contribution in [2.75, 3.05) is 26.1 Å². The van der Waals surface area contributed by atoms with Gasteiger partial charge in [0.25, 0.3) is 0 Å². The van der Waals surface area contributed by atoms with Crippen LogP contribution in [0.2, 0.25) is 0 Å². The van der Waals surface area contributed by atoms with Gasteiger partial charge in [-0.15, -0.1) is 11.6 Å². The number of ether oxygens (including phenoxy) is 1. The Labute approximate surface area is 89.2 Å². The molecule has 0 spiro atoms. The number of rotatable bonds is 6. The third-order valence-corrected chi connectivity index (χ3v) is 1.89. The van der Waals surface area contributed by atoms with Gasteiger partial charge in [0.15, 0.2) is 0 Å².